The first-order valence-electron chi connectivity index (χ1n) is 10.2. The monoisotopic (exact) mass is 523 g/mol. The van der Waals surface area contributed by atoms with Gasteiger partial charge in [-0.2, -0.15) is 0 Å². The third kappa shape index (κ3) is 6.42. The highest BCUT2D eigenvalue weighted by Crippen LogP contribution is 2.20. The van der Waals surface area contributed by atoms with E-state index in [4.69, 9.17) is 4.74 Å². The topological polar surface area (TPSA) is 43.3 Å². The van der Waals surface area contributed by atoms with Crippen LogP contribution in [-0.2, 0) is 6.42 Å². The van der Waals surface area contributed by atoms with Crippen LogP contribution >= 0.6 is 24.0 Å². The summed E-state index contributed by atoms with van der Waals surface area (Å²) in [6, 6.07) is 17.0. The molecule has 30 heavy (non-hydrogen) atoms. The molecular formula is C23H34IN5O. The largest absolute Gasteiger partial charge is 0.497 e. The van der Waals surface area contributed by atoms with Gasteiger partial charge in [-0.1, -0.05) is 12.1 Å². The number of rotatable bonds is 6. The number of piperazine rings is 1. The van der Waals surface area contributed by atoms with Crippen molar-refractivity contribution < 1.29 is 4.74 Å². The van der Waals surface area contributed by atoms with E-state index in [1.54, 1.807) is 7.11 Å². The van der Waals surface area contributed by atoms with E-state index in [0.29, 0.717) is 0 Å². The Bertz CT molecular complexity index is 784. The van der Waals surface area contributed by atoms with Gasteiger partial charge in [0.1, 0.15) is 5.75 Å². The normalized spacial score (nSPS) is 14.2. The van der Waals surface area contributed by atoms with E-state index in [-0.39, 0.29) is 24.0 Å². The Kier molecular flexibility index (Phi) is 9.55. The van der Waals surface area contributed by atoms with Gasteiger partial charge < -0.3 is 24.8 Å². The number of benzene rings is 2. The maximum absolute atomic E-state index is 5.25. The van der Waals surface area contributed by atoms with E-state index in [2.05, 4.69) is 75.5 Å². The zero-order valence-corrected chi connectivity index (χ0v) is 20.8. The molecule has 6 nitrogen and oxygen atoms in total. The molecule has 1 heterocycles. The summed E-state index contributed by atoms with van der Waals surface area (Å²) in [5.41, 5.74) is 3.81. The molecular weight excluding hydrogens is 489 g/mol. The quantitative estimate of drug-likeness (QED) is 0.358. The Hall–Kier alpha value is -2.16. The lowest BCUT2D eigenvalue weighted by atomic mass is 10.1. The lowest BCUT2D eigenvalue weighted by Gasteiger charge is -2.37. The fraction of sp³-hybridized carbons (Fsp3) is 0.435. The molecule has 0 bridgehead atoms. The number of guanidine groups is 1. The molecule has 2 aromatic carbocycles. The highest BCUT2D eigenvalue weighted by molar-refractivity contribution is 14.0. The third-order valence-electron chi connectivity index (χ3n) is 5.38. The lowest BCUT2D eigenvalue weighted by Crippen LogP contribution is -2.52. The van der Waals surface area contributed by atoms with Crippen LogP contribution in [0.2, 0.25) is 0 Å². The molecule has 1 N–H and O–H groups in total. The fourth-order valence-corrected chi connectivity index (χ4v) is 3.58. The van der Waals surface area contributed by atoms with E-state index < -0.39 is 0 Å². The van der Waals surface area contributed by atoms with Gasteiger partial charge in [-0.15, -0.1) is 24.0 Å². The minimum atomic E-state index is 0. The summed E-state index contributed by atoms with van der Waals surface area (Å²) in [5, 5.41) is 3.53. The van der Waals surface area contributed by atoms with Gasteiger partial charge in [0.05, 0.1) is 7.11 Å². The number of halogens is 1. The molecule has 0 spiro atoms. The van der Waals surface area contributed by atoms with Gasteiger partial charge in [-0.05, 0) is 48.4 Å². The van der Waals surface area contributed by atoms with E-state index in [1.165, 1.54) is 16.9 Å². The molecule has 2 aromatic rings. The minimum Gasteiger partial charge on any atom is -0.497 e. The maximum Gasteiger partial charge on any atom is 0.193 e. The summed E-state index contributed by atoms with van der Waals surface area (Å²) >= 11 is 0. The van der Waals surface area contributed by atoms with Crippen LogP contribution in [0.3, 0.4) is 0 Å². The molecule has 0 aliphatic carbocycles. The zero-order chi connectivity index (χ0) is 20.6. The average Bonchev–Trinajstić information content (AvgIpc) is 2.77. The highest BCUT2D eigenvalue weighted by atomic mass is 127. The van der Waals surface area contributed by atoms with Gasteiger partial charge in [-0.25, -0.2) is 0 Å². The van der Waals surface area contributed by atoms with Crippen LogP contribution in [0.5, 0.6) is 5.75 Å². The molecule has 1 aliphatic heterocycles. The van der Waals surface area contributed by atoms with Crippen molar-refractivity contribution in [2.45, 2.75) is 6.42 Å². The Morgan fingerprint density at radius 2 is 1.63 bits per heavy atom. The van der Waals surface area contributed by atoms with Crippen molar-refractivity contribution in [2.75, 3.05) is 70.8 Å². The molecule has 0 saturated carbocycles. The second-order valence-corrected chi connectivity index (χ2v) is 7.46. The standard InChI is InChI=1S/C23H33N5O.HI/c1-24-23(25-14-13-19-5-7-20(8-6-19)26(2)3)28-17-15-27(16-18-28)21-9-11-22(29-4)12-10-21;/h5-12H,13-18H2,1-4H3,(H,24,25);1H. The van der Waals surface area contributed by atoms with Gasteiger partial charge >= 0.3 is 0 Å². The van der Waals surface area contributed by atoms with E-state index in [0.717, 1.165) is 50.9 Å². The SMILES string of the molecule is CN=C(NCCc1ccc(N(C)C)cc1)N1CCN(c2ccc(OC)cc2)CC1.I. The molecule has 0 amide bonds. The van der Waals surface area contributed by atoms with Crippen LogP contribution in [-0.4, -0.2) is 71.8 Å². The summed E-state index contributed by atoms with van der Waals surface area (Å²) in [6.07, 6.45) is 0.985. The first kappa shape index (κ1) is 24.1. The highest BCUT2D eigenvalue weighted by Gasteiger charge is 2.19. The van der Waals surface area contributed by atoms with Gasteiger partial charge in [0.25, 0.3) is 0 Å². The number of hydrogen-bond acceptors (Lipinski definition) is 4. The lowest BCUT2D eigenvalue weighted by molar-refractivity contribution is 0.373. The molecule has 7 heteroatoms. The van der Waals surface area contributed by atoms with Gasteiger partial charge in [0.2, 0.25) is 0 Å². The number of nitrogens with one attached hydrogen (secondary N) is 1. The molecule has 0 radical (unpaired) electrons. The molecule has 1 aliphatic rings. The molecule has 0 atom stereocenters. The predicted octanol–water partition coefficient (Wildman–Crippen LogP) is 3.32. The van der Waals surface area contributed by atoms with Crippen molar-refractivity contribution in [3.63, 3.8) is 0 Å². The Labute approximate surface area is 197 Å². The fourth-order valence-electron chi connectivity index (χ4n) is 3.58. The summed E-state index contributed by atoms with van der Waals surface area (Å²) in [6.45, 7) is 4.77. The smallest absolute Gasteiger partial charge is 0.193 e. The van der Waals surface area contributed by atoms with E-state index in [9.17, 15) is 0 Å². The van der Waals surface area contributed by atoms with E-state index in [1.807, 2.05) is 19.2 Å². The summed E-state index contributed by atoms with van der Waals surface area (Å²) in [4.78, 5) is 11.4. The Morgan fingerprint density at radius 1 is 1.00 bits per heavy atom. The molecule has 1 fully saturated rings. The van der Waals surface area contributed by atoms with Crippen LogP contribution in [0.1, 0.15) is 5.56 Å². The number of ether oxygens (including phenoxy) is 1. The molecule has 164 valence electrons. The van der Waals surface area contributed by atoms with Crippen molar-refractivity contribution in [1.29, 1.82) is 0 Å². The first-order valence-corrected chi connectivity index (χ1v) is 10.2. The van der Waals surface area contributed by atoms with Gasteiger partial charge in [0.15, 0.2) is 5.96 Å². The van der Waals surface area contributed by atoms with Crippen LogP contribution in [0.25, 0.3) is 0 Å². The maximum atomic E-state index is 5.25. The number of anilines is 2. The van der Waals surface area contributed by atoms with Crippen molar-refractivity contribution in [2.24, 2.45) is 4.99 Å². The van der Waals surface area contributed by atoms with Crippen molar-refractivity contribution in [3.8, 4) is 5.75 Å². The molecule has 3 rings (SSSR count). The molecule has 0 unspecified atom stereocenters. The van der Waals surface area contributed by atoms with Crippen LogP contribution in [0.4, 0.5) is 11.4 Å². The second-order valence-electron chi connectivity index (χ2n) is 7.46. The second kappa shape index (κ2) is 11.9. The van der Waals surface area contributed by atoms with Gasteiger partial charge in [-0.3, -0.25) is 4.99 Å². The zero-order valence-electron chi connectivity index (χ0n) is 18.5. The van der Waals surface area contributed by atoms with Crippen LogP contribution < -0.4 is 19.9 Å². The summed E-state index contributed by atoms with van der Waals surface area (Å²) < 4.78 is 5.25. The van der Waals surface area contributed by atoms with Crippen molar-refractivity contribution in [3.05, 3.63) is 54.1 Å². The van der Waals surface area contributed by atoms with E-state index >= 15 is 0 Å². The minimum absolute atomic E-state index is 0. The first-order chi connectivity index (χ1) is 14.1. The Morgan fingerprint density at radius 3 is 2.17 bits per heavy atom. The van der Waals surface area contributed by atoms with Crippen LogP contribution in [0, 0.1) is 0 Å². The summed E-state index contributed by atoms with van der Waals surface area (Å²) in [7, 11) is 7.69. The van der Waals surface area contributed by atoms with Crippen molar-refractivity contribution >= 4 is 41.3 Å². The third-order valence-corrected chi connectivity index (χ3v) is 5.38. The number of hydrogen-bond donors (Lipinski definition) is 1. The average molecular weight is 523 g/mol. The van der Waals surface area contributed by atoms with Gasteiger partial charge in [0, 0.05) is 65.2 Å². The number of aliphatic imine (C=N–C) groups is 1. The van der Waals surface area contributed by atoms with Crippen LogP contribution in [0.15, 0.2) is 53.5 Å². The molecule has 0 aromatic heterocycles. The number of methoxy groups -OCH3 is 1. The molecule has 1 saturated heterocycles. The Balaban J connectivity index is 0.00000320. The summed E-state index contributed by atoms with van der Waals surface area (Å²) in [5.74, 6) is 1.89. The number of nitrogens with zero attached hydrogens (tertiary/aromatic N) is 4. The predicted molar refractivity (Wildman–Crippen MR) is 138 cm³/mol. The van der Waals surface area contributed by atoms with Crippen molar-refractivity contribution in [1.82, 2.24) is 10.2 Å².